The average molecular weight is 615 g/mol. The van der Waals surface area contributed by atoms with Crippen molar-refractivity contribution >= 4 is 12.2 Å². The van der Waals surface area contributed by atoms with Gasteiger partial charge in [-0.05, 0) is 76.9 Å². The molecule has 0 spiro atoms. The molecule has 2 aliphatic rings. The molecule has 2 amide bonds. The van der Waals surface area contributed by atoms with Crippen LogP contribution in [0.2, 0.25) is 0 Å². The Hall–Kier alpha value is -4.08. The summed E-state index contributed by atoms with van der Waals surface area (Å²) in [6.07, 6.45) is 2.97. The van der Waals surface area contributed by atoms with Crippen molar-refractivity contribution in [3.05, 3.63) is 84.0 Å². The van der Waals surface area contributed by atoms with Crippen LogP contribution in [-0.2, 0) is 9.47 Å². The van der Waals surface area contributed by atoms with Crippen molar-refractivity contribution in [2.75, 3.05) is 27.3 Å². The number of hydrogen-bond acceptors (Lipinski definition) is 6. The van der Waals surface area contributed by atoms with Crippen LogP contribution in [0.15, 0.2) is 72.8 Å². The van der Waals surface area contributed by atoms with Crippen molar-refractivity contribution in [3.63, 3.8) is 0 Å². The highest BCUT2D eigenvalue weighted by Gasteiger charge is 2.33. The third-order valence-electron chi connectivity index (χ3n) is 6.59. The second-order valence-electron chi connectivity index (χ2n) is 12.5. The minimum Gasteiger partial charge on any atom is -0.497 e. The van der Waals surface area contributed by atoms with Crippen LogP contribution in [0.1, 0.15) is 64.8 Å². The fraction of sp³-hybridized carbons (Fsp3) is 0.471. The highest BCUT2D eigenvalue weighted by atomic mass is 19.1. The Bertz CT molecular complexity index is 1200. The first kappa shape index (κ1) is 34.4. The van der Waals surface area contributed by atoms with Crippen molar-refractivity contribution in [1.29, 1.82) is 0 Å². The van der Waals surface area contributed by atoms with Gasteiger partial charge in [0.25, 0.3) is 0 Å². The molecule has 2 aromatic carbocycles. The standard InChI is InChI=1S/2C17H22FNO3/c2*1-17(2,3)22-16(20)19-11-13(18)7-10-15(19)12-5-8-14(21-4)9-6-12/h2*5-10,13,15H,11H2,1-4H3/t2*13-,15+/m11/s1. The number of benzene rings is 2. The zero-order valence-electron chi connectivity index (χ0n) is 26.8. The Morgan fingerprint density at radius 3 is 1.20 bits per heavy atom. The van der Waals surface area contributed by atoms with Gasteiger partial charge in [-0.3, -0.25) is 9.80 Å². The molecule has 0 aliphatic carbocycles. The lowest BCUT2D eigenvalue weighted by atomic mass is 10.0. The molecular weight excluding hydrogens is 570 g/mol. The molecule has 4 atom stereocenters. The first-order valence-electron chi connectivity index (χ1n) is 14.5. The van der Waals surface area contributed by atoms with Gasteiger partial charge >= 0.3 is 12.2 Å². The number of amides is 2. The zero-order chi connectivity index (χ0) is 32.7. The Kier molecular flexibility index (Phi) is 11.4. The van der Waals surface area contributed by atoms with E-state index in [1.165, 1.54) is 22.0 Å². The fourth-order valence-corrected chi connectivity index (χ4v) is 4.59. The van der Waals surface area contributed by atoms with Crippen molar-refractivity contribution in [2.24, 2.45) is 0 Å². The molecule has 0 radical (unpaired) electrons. The van der Waals surface area contributed by atoms with E-state index in [1.54, 1.807) is 67.9 Å². The summed E-state index contributed by atoms with van der Waals surface area (Å²) in [5.41, 5.74) is 0.535. The van der Waals surface area contributed by atoms with Gasteiger partial charge in [0.15, 0.2) is 0 Å². The summed E-state index contributed by atoms with van der Waals surface area (Å²) in [6.45, 7) is 10.7. The Balaban J connectivity index is 0.000000240. The Morgan fingerprint density at radius 2 is 0.932 bits per heavy atom. The van der Waals surface area contributed by atoms with Crippen LogP contribution in [0.3, 0.4) is 0 Å². The molecule has 4 rings (SSSR count). The summed E-state index contributed by atoms with van der Waals surface area (Å²) in [7, 11) is 3.19. The summed E-state index contributed by atoms with van der Waals surface area (Å²) >= 11 is 0. The van der Waals surface area contributed by atoms with Crippen LogP contribution in [-0.4, -0.2) is 72.8 Å². The predicted octanol–water partition coefficient (Wildman–Crippen LogP) is 7.76. The molecule has 0 N–H and O–H groups in total. The maximum Gasteiger partial charge on any atom is 0.411 e. The molecule has 8 nitrogen and oxygen atoms in total. The summed E-state index contributed by atoms with van der Waals surface area (Å²) in [5.74, 6) is 1.46. The smallest absolute Gasteiger partial charge is 0.411 e. The quantitative estimate of drug-likeness (QED) is 0.328. The molecular formula is C34H44F2N2O6. The topological polar surface area (TPSA) is 77.5 Å². The van der Waals surface area contributed by atoms with E-state index < -0.39 is 35.7 Å². The number of carbonyl (C=O) groups is 2. The predicted molar refractivity (Wildman–Crippen MR) is 165 cm³/mol. The molecule has 0 bridgehead atoms. The number of carbonyl (C=O) groups excluding carboxylic acids is 2. The van der Waals surface area contributed by atoms with Crippen molar-refractivity contribution < 1.29 is 37.3 Å². The highest BCUT2D eigenvalue weighted by Crippen LogP contribution is 2.31. The largest absolute Gasteiger partial charge is 0.497 e. The van der Waals surface area contributed by atoms with E-state index in [0.717, 1.165) is 22.6 Å². The lowest BCUT2D eigenvalue weighted by Crippen LogP contribution is -2.43. The number of alkyl halides is 2. The summed E-state index contributed by atoms with van der Waals surface area (Å²) in [4.78, 5) is 27.5. The molecule has 0 saturated carbocycles. The Labute approximate surface area is 259 Å². The van der Waals surface area contributed by atoms with E-state index in [-0.39, 0.29) is 25.2 Å². The van der Waals surface area contributed by atoms with Crippen LogP contribution in [0.25, 0.3) is 0 Å². The molecule has 10 heteroatoms. The number of rotatable bonds is 4. The van der Waals surface area contributed by atoms with Crippen LogP contribution >= 0.6 is 0 Å². The second kappa shape index (κ2) is 14.6. The molecule has 2 heterocycles. The van der Waals surface area contributed by atoms with Gasteiger partial charge < -0.3 is 18.9 Å². The second-order valence-corrected chi connectivity index (χ2v) is 12.5. The monoisotopic (exact) mass is 614 g/mol. The lowest BCUT2D eigenvalue weighted by molar-refractivity contribution is 0.0135. The molecule has 0 aromatic heterocycles. The van der Waals surface area contributed by atoms with E-state index >= 15 is 0 Å². The van der Waals surface area contributed by atoms with Crippen LogP contribution in [0.5, 0.6) is 11.5 Å². The van der Waals surface area contributed by atoms with Crippen LogP contribution < -0.4 is 9.47 Å². The van der Waals surface area contributed by atoms with Gasteiger partial charge in [0.05, 0.1) is 39.4 Å². The van der Waals surface area contributed by atoms with E-state index in [4.69, 9.17) is 18.9 Å². The van der Waals surface area contributed by atoms with Gasteiger partial charge in [0.2, 0.25) is 0 Å². The molecule has 44 heavy (non-hydrogen) atoms. The minimum absolute atomic E-state index is 0.0118. The number of hydrogen-bond donors (Lipinski definition) is 0. The van der Waals surface area contributed by atoms with Gasteiger partial charge in [-0.2, -0.15) is 0 Å². The summed E-state index contributed by atoms with van der Waals surface area (Å²) < 4.78 is 48.4. The van der Waals surface area contributed by atoms with Gasteiger partial charge in [0.1, 0.15) is 35.0 Å². The molecule has 0 fully saturated rings. The third kappa shape index (κ3) is 9.99. The van der Waals surface area contributed by atoms with Crippen molar-refractivity contribution in [3.8, 4) is 11.5 Å². The maximum absolute atomic E-state index is 13.7. The molecule has 2 aromatic rings. The lowest BCUT2D eigenvalue weighted by Gasteiger charge is -2.35. The van der Waals surface area contributed by atoms with E-state index in [9.17, 15) is 18.4 Å². The van der Waals surface area contributed by atoms with Crippen LogP contribution in [0.4, 0.5) is 18.4 Å². The summed E-state index contributed by atoms with van der Waals surface area (Å²) in [5, 5.41) is 0. The van der Waals surface area contributed by atoms with Gasteiger partial charge in [-0.15, -0.1) is 0 Å². The van der Waals surface area contributed by atoms with Crippen LogP contribution in [0, 0.1) is 0 Å². The molecule has 240 valence electrons. The molecule has 0 unspecified atom stereocenters. The minimum atomic E-state index is -1.18. The van der Waals surface area contributed by atoms with E-state index in [2.05, 4.69) is 0 Å². The van der Waals surface area contributed by atoms with Crippen molar-refractivity contribution in [2.45, 2.75) is 77.2 Å². The number of nitrogens with zero attached hydrogens (tertiary/aromatic N) is 2. The fourth-order valence-electron chi connectivity index (χ4n) is 4.59. The van der Waals surface area contributed by atoms with E-state index in [0.29, 0.717) is 0 Å². The normalized spacial score (nSPS) is 21.6. The van der Waals surface area contributed by atoms with Gasteiger partial charge in [-0.25, -0.2) is 18.4 Å². The zero-order valence-corrected chi connectivity index (χ0v) is 26.8. The number of ether oxygens (including phenoxy) is 4. The first-order chi connectivity index (χ1) is 20.6. The van der Waals surface area contributed by atoms with Crippen molar-refractivity contribution in [1.82, 2.24) is 9.80 Å². The summed E-state index contributed by atoms with van der Waals surface area (Å²) in [6, 6.07) is 14.0. The molecule has 2 aliphatic heterocycles. The molecule has 0 saturated heterocycles. The maximum atomic E-state index is 13.7. The third-order valence-corrected chi connectivity index (χ3v) is 6.59. The van der Waals surface area contributed by atoms with Gasteiger partial charge in [0, 0.05) is 0 Å². The first-order valence-corrected chi connectivity index (χ1v) is 14.5. The highest BCUT2D eigenvalue weighted by molar-refractivity contribution is 5.70. The number of methoxy groups -OCH3 is 2. The Morgan fingerprint density at radius 1 is 0.614 bits per heavy atom. The average Bonchev–Trinajstić information content (AvgIpc) is 2.96. The van der Waals surface area contributed by atoms with Gasteiger partial charge in [-0.1, -0.05) is 48.6 Å². The SMILES string of the molecule is COc1ccc([C@@H]2C=C[C@@H](F)CN2C(=O)OC(C)(C)C)cc1.COc1ccc([C@@H]2C=C[C@@H](F)CN2C(=O)OC(C)(C)C)cc1. The number of halogens is 2. The van der Waals surface area contributed by atoms with E-state index in [1.807, 2.05) is 48.5 Å².